The first kappa shape index (κ1) is 8.76. The Morgan fingerprint density at radius 2 is 2.15 bits per heavy atom. The summed E-state index contributed by atoms with van der Waals surface area (Å²) in [6.07, 6.45) is 10.0. The SMILES string of the molecule is CC1C=CC=C2CC(N)C(C)C2=C1. The molecule has 1 saturated carbocycles. The lowest BCUT2D eigenvalue weighted by Crippen LogP contribution is -2.22. The van der Waals surface area contributed by atoms with E-state index in [1.165, 1.54) is 11.1 Å². The fourth-order valence-corrected chi connectivity index (χ4v) is 2.18. The summed E-state index contributed by atoms with van der Waals surface area (Å²) in [6, 6.07) is 0.330. The van der Waals surface area contributed by atoms with E-state index in [0.717, 1.165) is 6.42 Å². The van der Waals surface area contributed by atoms with Gasteiger partial charge in [0.1, 0.15) is 0 Å². The fourth-order valence-electron chi connectivity index (χ4n) is 2.18. The van der Waals surface area contributed by atoms with Gasteiger partial charge >= 0.3 is 0 Å². The number of allylic oxidation sites excluding steroid dienone is 4. The first-order valence-corrected chi connectivity index (χ1v) is 5.03. The van der Waals surface area contributed by atoms with Gasteiger partial charge in [-0.1, -0.05) is 38.2 Å². The summed E-state index contributed by atoms with van der Waals surface area (Å²) in [5.74, 6) is 1.09. The standard InChI is InChI=1S/C12H17N/c1-8-4-3-5-10-7-12(13)9(2)11(10)6-8/h3-6,8-9,12H,7,13H2,1-2H3. The van der Waals surface area contributed by atoms with Crippen molar-refractivity contribution >= 4 is 0 Å². The predicted molar refractivity (Wildman–Crippen MR) is 56.2 cm³/mol. The molecule has 0 aromatic carbocycles. The molecule has 1 heteroatoms. The van der Waals surface area contributed by atoms with Gasteiger partial charge in [0.2, 0.25) is 0 Å². The van der Waals surface area contributed by atoms with Crippen LogP contribution in [0.1, 0.15) is 20.3 Å². The molecule has 2 rings (SSSR count). The van der Waals surface area contributed by atoms with Crippen molar-refractivity contribution in [3.05, 3.63) is 35.5 Å². The molecule has 1 fully saturated rings. The molecule has 0 aromatic heterocycles. The van der Waals surface area contributed by atoms with Crippen molar-refractivity contribution in [1.82, 2.24) is 0 Å². The van der Waals surface area contributed by atoms with Gasteiger partial charge in [0.15, 0.2) is 0 Å². The Morgan fingerprint density at radius 1 is 1.38 bits per heavy atom. The number of rotatable bonds is 0. The third kappa shape index (κ3) is 1.49. The van der Waals surface area contributed by atoms with Gasteiger partial charge in [0, 0.05) is 6.04 Å². The minimum Gasteiger partial charge on any atom is -0.327 e. The Hall–Kier alpha value is -0.820. The molecular weight excluding hydrogens is 158 g/mol. The average Bonchev–Trinajstić information content (AvgIpc) is 2.29. The maximum atomic E-state index is 6.03. The molecule has 0 saturated heterocycles. The van der Waals surface area contributed by atoms with Crippen LogP contribution in [0.25, 0.3) is 0 Å². The zero-order chi connectivity index (χ0) is 9.42. The summed E-state index contributed by atoms with van der Waals surface area (Å²) in [7, 11) is 0. The average molecular weight is 175 g/mol. The quantitative estimate of drug-likeness (QED) is 0.601. The molecule has 2 aliphatic rings. The Bertz CT molecular complexity index is 296. The van der Waals surface area contributed by atoms with E-state index >= 15 is 0 Å². The van der Waals surface area contributed by atoms with Crippen molar-refractivity contribution in [2.45, 2.75) is 26.3 Å². The van der Waals surface area contributed by atoms with Crippen molar-refractivity contribution in [2.75, 3.05) is 0 Å². The fraction of sp³-hybridized carbons (Fsp3) is 0.500. The molecule has 0 heterocycles. The molecule has 0 bridgehead atoms. The second-order valence-corrected chi connectivity index (χ2v) is 4.21. The van der Waals surface area contributed by atoms with Gasteiger partial charge in [-0.2, -0.15) is 0 Å². The molecule has 0 aromatic rings. The summed E-state index contributed by atoms with van der Waals surface area (Å²) < 4.78 is 0. The van der Waals surface area contributed by atoms with Crippen molar-refractivity contribution < 1.29 is 0 Å². The first-order chi connectivity index (χ1) is 6.18. The number of nitrogens with two attached hydrogens (primary N) is 1. The van der Waals surface area contributed by atoms with Crippen LogP contribution < -0.4 is 5.73 Å². The Balaban J connectivity index is 2.38. The van der Waals surface area contributed by atoms with Crippen molar-refractivity contribution in [3.63, 3.8) is 0 Å². The summed E-state index contributed by atoms with van der Waals surface area (Å²) in [5.41, 5.74) is 8.95. The minimum atomic E-state index is 0.330. The van der Waals surface area contributed by atoms with Gasteiger partial charge in [-0.3, -0.25) is 0 Å². The Morgan fingerprint density at radius 3 is 2.92 bits per heavy atom. The van der Waals surface area contributed by atoms with Crippen molar-refractivity contribution in [3.8, 4) is 0 Å². The number of hydrogen-bond acceptors (Lipinski definition) is 1. The van der Waals surface area contributed by atoms with Crippen LogP contribution in [0.3, 0.4) is 0 Å². The van der Waals surface area contributed by atoms with Crippen LogP contribution in [0.2, 0.25) is 0 Å². The maximum absolute atomic E-state index is 6.03. The smallest absolute Gasteiger partial charge is 0.0146 e. The zero-order valence-electron chi connectivity index (χ0n) is 8.33. The Labute approximate surface area is 80.0 Å². The number of fused-ring (bicyclic) bond motifs is 1. The van der Waals surface area contributed by atoms with Gasteiger partial charge in [-0.15, -0.1) is 0 Å². The van der Waals surface area contributed by atoms with Gasteiger partial charge in [-0.05, 0) is 29.4 Å². The minimum absolute atomic E-state index is 0.330. The first-order valence-electron chi connectivity index (χ1n) is 5.03. The van der Waals surface area contributed by atoms with E-state index in [-0.39, 0.29) is 0 Å². The summed E-state index contributed by atoms with van der Waals surface area (Å²) in [6.45, 7) is 4.45. The molecule has 3 unspecified atom stereocenters. The summed E-state index contributed by atoms with van der Waals surface area (Å²) >= 11 is 0. The highest BCUT2D eigenvalue weighted by atomic mass is 14.7. The molecular formula is C12H17N. The molecule has 0 amide bonds. The molecule has 0 radical (unpaired) electrons. The Kier molecular flexibility index (Phi) is 2.12. The highest BCUT2D eigenvalue weighted by Gasteiger charge is 2.29. The van der Waals surface area contributed by atoms with E-state index < -0.39 is 0 Å². The van der Waals surface area contributed by atoms with Crippen molar-refractivity contribution in [2.24, 2.45) is 17.6 Å². The summed E-state index contributed by atoms with van der Waals surface area (Å²) in [4.78, 5) is 0. The lowest BCUT2D eigenvalue weighted by atomic mass is 9.98. The van der Waals surface area contributed by atoms with Crippen LogP contribution >= 0.6 is 0 Å². The third-order valence-electron chi connectivity index (χ3n) is 3.11. The van der Waals surface area contributed by atoms with Crippen LogP contribution in [-0.2, 0) is 0 Å². The molecule has 2 N–H and O–H groups in total. The zero-order valence-corrected chi connectivity index (χ0v) is 8.33. The van der Waals surface area contributed by atoms with E-state index in [1.54, 1.807) is 0 Å². The van der Waals surface area contributed by atoms with Gasteiger partial charge in [0.25, 0.3) is 0 Å². The van der Waals surface area contributed by atoms with Crippen LogP contribution in [-0.4, -0.2) is 6.04 Å². The molecule has 1 nitrogen and oxygen atoms in total. The largest absolute Gasteiger partial charge is 0.327 e. The summed E-state index contributed by atoms with van der Waals surface area (Å²) in [5, 5.41) is 0. The lowest BCUT2D eigenvalue weighted by molar-refractivity contribution is 0.576. The van der Waals surface area contributed by atoms with Gasteiger partial charge in [0.05, 0.1) is 0 Å². The van der Waals surface area contributed by atoms with E-state index in [1.807, 2.05) is 0 Å². The van der Waals surface area contributed by atoms with Crippen LogP contribution in [0.15, 0.2) is 35.5 Å². The van der Waals surface area contributed by atoms with Crippen LogP contribution in [0, 0.1) is 11.8 Å². The number of hydrogen-bond donors (Lipinski definition) is 1. The van der Waals surface area contributed by atoms with E-state index in [9.17, 15) is 0 Å². The van der Waals surface area contributed by atoms with Gasteiger partial charge < -0.3 is 5.73 Å². The maximum Gasteiger partial charge on any atom is 0.0146 e. The molecule has 2 aliphatic carbocycles. The molecule has 0 aliphatic heterocycles. The second kappa shape index (κ2) is 3.15. The highest BCUT2D eigenvalue weighted by Crippen LogP contribution is 2.36. The van der Waals surface area contributed by atoms with E-state index in [4.69, 9.17) is 5.73 Å². The van der Waals surface area contributed by atoms with Crippen LogP contribution in [0.4, 0.5) is 0 Å². The lowest BCUT2D eigenvalue weighted by Gasteiger charge is -2.10. The molecule has 13 heavy (non-hydrogen) atoms. The normalized spacial score (nSPS) is 37.9. The monoisotopic (exact) mass is 175 g/mol. The van der Waals surface area contributed by atoms with E-state index in [0.29, 0.717) is 17.9 Å². The highest BCUT2D eigenvalue weighted by molar-refractivity contribution is 5.44. The topological polar surface area (TPSA) is 26.0 Å². The van der Waals surface area contributed by atoms with Gasteiger partial charge in [-0.25, -0.2) is 0 Å². The molecule has 0 spiro atoms. The van der Waals surface area contributed by atoms with E-state index in [2.05, 4.69) is 38.2 Å². The molecule has 3 atom stereocenters. The third-order valence-corrected chi connectivity index (χ3v) is 3.11. The molecule has 70 valence electrons. The van der Waals surface area contributed by atoms with Crippen molar-refractivity contribution in [1.29, 1.82) is 0 Å². The van der Waals surface area contributed by atoms with Crippen LogP contribution in [0.5, 0.6) is 0 Å². The predicted octanol–water partition coefficient (Wildman–Crippen LogP) is 2.41. The second-order valence-electron chi connectivity index (χ2n) is 4.21.